The number of nitrogens with one attached hydrogen (secondary N) is 1. The molecule has 3 aromatic rings. The third-order valence-electron chi connectivity index (χ3n) is 4.06. The minimum atomic E-state index is -0.0858. The highest BCUT2D eigenvalue weighted by molar-refractivity contribution is 6.00. The molecule has 0 aliphatic rings. The molecule has 24 heavy (non-hydrogen) atoms. The van der Waals surface area contributed by atoms with Gasteiger partial charge in [0.2, 0.25) is 5.88 Å². The molecule has 4 heteroatoms. The molecule has 0 saturated heterocycles. The minimum absolute atomic E-state index is 0.0722. The summed E-state index contributed by atoms with van der Waals surface area (Å²) in [6, 6.07) is 11.4. The van der Waals surface area contributed by atoms with Gasteiger partial charge in [-0.3, -0.25) is 4.79 Å². The molecule has 0 amide bonds. The summed E-state index contributed by atoms with van der Waals surface area (Å²) in [6.45, 7) is 8.03. The molecular weight excluding hydrogens is 300 g/mol. The van der Waals surface area contributed by atoms with E-state index in [1.165, 1.54) is 0 Å². The van der Waals surface area contributed by atoms with Crippen LogP contribution in [0.3, 0.4) is 0 Å². The van der Waals surface area contributed by atoms with Crippen LogP contribution < -0.4 is 4.74 Å². The fraction of sp³-hybridized carbons (Fsp3) is 0.300. The number of rotatable bonds is 5. The summed E-state index contributed by atoms with van der Waals surface area (Å²) in [7, 11) is 0. The molecule has 2 aromatic heterocycles. The fourth-order valence-corrected chi connectivity index (χ4v) is 2.58. The molecule has 1 N–H and O–H groups in total. The van der Waals surface area contributed by atoms with Crippen LogP contribution in [0.2, 0.25) is 0 Å². The Bertz CT molecular complexity index is 878. The van der Waals surface area contributed by atoms with Crippen molar-refractivity contribution in [2.24, 2.45) is 5.92 Å². The maximum absolute atomic E-state index is 12.5. The van der Waals surface area contributed by atoms with Crippen molar-refractivity contribution < 1.29 is 9.53 Å². The summed E-state index contributed by atoms with van der Waals surface area (Å²) in [5.74, 6) is 1.40. The number of pyridine rings is 1. The zero-order valence-electron chi connectivity index (χ0n) is 14.5. The van der Waals surface area contributed by atoms with E-state index in [1.54, 1.807) is 0 Å². The molecule has 0 saturated carbocycles. The number of aromatic nitrogens is 2. The summed E-state index contributed by atoms with van der Waals surface area (Å²) in [5, 5.41) is 0. The first-order valence-electron chi connectivity index (χ1n) is 8.26. The van der Waals surface area contributed by atoms with Crippen LogP contribution in [0, 0.1) is 5.92 Å². The number of ketones is 1. The Morgan fingerprint density at radius 2 is 1.88 bits per heavy atom. The van der Waals surface area contributed by atoms with E-state index in [2.05, 4.69) is 23.8 Å². The fourth-order valence-electron chi connectivity index (χ4n) is 2.58. The molecule has 2 heterocycles. The van der Waals surface area contributed by atoms with E-state index in [0.29, 0.717) is 23.1 Å². The highest BCUT2D eigenvalue weighted by Crippen LogP contribution is 2.30. The Balaban J connectivity index is 2.02. The molecule has 0 unspecified atom stereocenters. The average molecular weight is 322 g/mol. The number of aromatic amines is 1. The number of hydrogen-bond donors (Lipinski definition) is 1. The van der Waals surface area contributed by atoms with Gasteiger partial charge in [-0.1, -0.05) is 33.8 Å². The van der Waals surface area contributed by atoms with Crippen molar-refractivity contribution in [2.75, 3.05) is 0 Å². The molecule has 0 atom stereocenters. The first-order chi connectivity index (χ1) is 11.5. The normalized spacial score (nSPS) is 11.4. The van der Waals surface area contributed by atoms with Crippen LogP contribution >= 0.6 is 0 Å². The zero-order chi connectivity index (χ0) is 17.3. The number of Topliss-reactive ketones (excluding diaryl/α,β-unsaturated/α-hetero) is 1. The predicted octanol–water partition coefficient (Wildman–Crippen LogP) is 5.32. The van der Waals surface area contributed by atoms with E-state index in [9.17, 15) is 4.79 Å². The van der Waals surface area contributed by atoms with Crippen LogP contribution in [0.4, 0.5) is 0 Å². The second kappa shape index (κ2) is 6.48. The van der Waals surface area contributed by atoms with Crippen LogP contribution in [0.5, 0.6) is 11.6 Å². The quantitative estimate of drug-likeness (QED) is 0.647. The number of benzene rings is 1. The molecule has 4 nitrogen and oxygen atoms in total. The van der Waals surface area contributed by atoms with Gasteiger partial charge in [-0.15, -0.1) is 0 Å². The number of carbonyl (C=O) groups is 1. The Hall–Kier alpha value is -2.62. The first-order valence-corrected chi connectivity index (χ1v) is 8.26. The van der Waals surface area contributed by atoms with Gasteiger partial charge in [0.25, 0.3) is 0 Å². The van der Waals surface area contributed by atoms with Gasteiger partial charge in [0.15, 0.2) is 5.78 Å². The zero-order valence-corrected chi connectivity index (χ0v) is 14.5. The number of hydrogen-bond acceptors (Lipinski definition) is 3. The Kier molecular flexibility index (Phi) is 4.38. The van der Waals surface area contributed by atoms with Gasteiger partial charge in [0, 0.05) is 18.2 Å². The van der Waals surface area contributed by atoms with Crippen molar-refractivity contribution in [3.05, 3.63) is 53.7 Å². The molecule has 0 bridgehead atoms. The summed E-state index contributed by atoms with van der Waals surface area (Å²) in [6.07, 6.45) is 1.84. The summed E-state index contributed by atoms with van der Waals surface area (Å²) in [4.78, 5) is 20.1. The highest BCUT2D eigenvalue weighted by Gasteiger charge is 2.18. The number of nitrogens with zero attached hydrogens (tertiary/aromatic N) is 1. The molecule has 0 radical (unpaired) electrons. The lowest BCUT2D eigenvalue weighted by Gasteiger charge is -2.14. The van der Waals surface area contributed by atoms with E-state index in [4.69, 9.17) is 4.74 Å². The number of carbonyl (C=O) groups excluding carboxylic acids is 1. The second-order valence-corrected chi connectivity index (χ2v) is 6.59. The first kappa shape index (κ1) is 16.2. The Labute approximate surface area is 141 Å². The lowest BCUT2D eigenvalue weighted by molar-refractivity contribution is 0.0937. The molecule has 124 valence electrons. The van der Waals surface area contributed by atoms with E-state index in [-0.39, 0.29) is 11.7 Å². The van der Waals surface area contributed by atoms with Gasteiger partial charge in [-0.25, -0.2) is 4.98 Å². The summed E-state index contributed by atoms with van der Waals surface area (Å²) in [5.41, 5.74) is 3.53. The molecule has 0 aliphatic carbocycles. The van der Waals surface area contributed by atoms with Crippen molar-refractivity contribution >= 4 is 16.8 Å². The van der Waals surface area contributed by atoms with E-state index >= 15 is 0 Å². The van der Waals surface area contributed by atoms with E-state index < -0.39 is 0 Å². The van der Waals surface area contributed by atoms with E-state index in [1.807, 2.05) is 56.4 Å². The molecule has 0 aliphatic heterocycles. The number of ether oxygens (including phenoxy) is 1. The van der Waals surface area contributed by atoms with Crippen molar-refractivity contribution in [1.29, 1.82) is 0 Å². The second-order valence-electron chi connectivity index (χ2n) is 6.59. The van der Waals surface area contributed by atoms with Crippen LogP contribution in [0.15, 0.2) is 42.6 Å². The van der Waals surface area contributed by atoms with Gasteiger partial charge < -0.3 is 9.72 Å². The number of fused-ring (bicyclic) bond motifs is 1. The average Bonchev–Trinajstić information content (AvgIpc) is 3.01. The monoisotopic (exact) mass is 322 g/mol. The van der Waals surface area contributed by atoms with Crippen LogP contribution in [-0.2, 0) is 0 Å². The SMILES string of the molecule is CC(C)C(=O)c1ccc(C(C)C)cc1Oc1ccc2[nH]ccc2n1. The van der Waals surface area contributed by atoms with Gasteiger partial charge in [0.1, 0.15) is 5.75 Å². The van der Waals surface area contributed by atoms with E-state index in [0.717, 1.165) is 16.6 Å². The van der Waals surface area contributed by atoms with Gasteiger partial charge in [-0.2, -0.15) is 0 Å². The molecule has 3 rings (SSSR count). The number of H-pyrrole nitrogens is 1. The van der Waals surface area contributed by atoms with Crippen molar-refractivity contribution in [3.8, 4) is 11.6 Å². The molecule has 0 fully saturated rings. The van der Waals surface area contributed by atoms with Crippen molar-refractivity contribution in [3.63, 3.8) is 0 Å². The molecule has 1 aromatic carbocycles. The maximum Gasteiger partial charge on any atom is 0.219 e. The lowest BCUT2D eigenvalue weighted by Crippen LogP contribution is -2.09. The molecule has 0 spiro atoms. The topological polar surface area (TPSA) is 55.0 Å². The van der Waals surface area contributed by atoms with Gasteiger partial charge in [0.05, 0.1) is 16.6 Å². The van der Waals surface area contributed by atoms with Gasteiger partial charge >= 0.3 is 0 Å². The Morgan fingerprint density at radius 3 is 2.58 bits per heavy atom. The van der Waals surface area contributed by atoms with Crippen molar-refractivity contribution in [1.82, 2.24) is 9.97 Å². The maximum atomic E-state index is 12.5. The Morgan fingerprint density at radius 1 is 1.08 bits per heavy atom. The summed E-state index contributed by atoms with van der Waals surface area (Å²) < 4.78 is 6.00. The lowest BCUT2D eigenvalue weighted by atomic mass is 9.96. The minimum Gasteiger partial charge on any atom is -0.438 e. The smallest absolute Gasteiger partial charge is 0.219 e. The molecular formula is C20H22N2O2. The highest BCUT2D eigenvalue weighted by atomic mass is 16.5. The van der Waals surface area contributed by atoms with Crippen LogP contribution in [0.25, 0.3) is 11.0 Å². The van der Waals surface area contributed by atoms with Crippen molar-refractivity contribution in [2.45, 2.75) is 33.6 Å². The van der Waals surface area contributed by atoms with Crippen LogP contribution in [0.1, 0.15) is 49.5 Å². The third-order valence-corrected chi connectivity index (χ3v) is 4.06. The summed E-state index contributed by atoms with van der Waals surface area (Å²) >= 11 is 0. The largest absolute Gasteiger partial charge is 0.438 e. The third kappa shape index (κ3) is 3.18. The standard InChI is InChI=1S/C20H22N2O2/c1-12(2)14-5-6-15(20(23)13(3)4)18(11-14)24-19-8-7-16-17(22-19)9-10-21-16/h5-13,21H,1-4H3. The predicted molar refractivity (Wildman–Crippen MR) is 95.9 cm³/mol. The van der Waals surface area contributed by atoms with Gasteiger partial charge in [-0.05, 0) is 35.7 Å². The van der Waals surface area contributed by atoms with Crippen LogP contribution in [-0.4, -0.2) is 15.8 Å².